The van der Waals surface area contributed by atoms with E-state index < -0.39 is 0 Å². The Labute approximate surface area is 80.6 Å². The van der Waals surface area contributed by atoms with Gasteiger partial charge in [-0.1, -0.05) is 5.16 Å². The van der Waals surface area contributed by atoms with Crippen molar-refractivity contribution in [3.8, 4) is 17.2 Å². The summed E-state index contributed by atoms with van der Waals surface area (Å²) in [5.41, 5.74) is 0.450. The fourth-order valence-corrected chi connectivity index (χ4v) is 1.20. The molecule has 0 saturated heterocycles. The molecule has 14 heavy (non-hydrogen) atoms. The van der Waals surface area contributed by atoms with Gasteiger partial charge in [0.25, 0.3) is 0 Å². The zero-order valence-electron chi connectivity index (χ0n) is 7.81. The first-order valence-electron chi connectivity index (χ1n) is 3.92. The molecule has 0 aliphatic rings. The van der Waals surface area contributed by atoms with Crippen molar-refractivity contribution in [3.63, 3.8) is 0 Å². The highest BCUT2D eigenvalue weighted by Crippen LogP contribution is 2.39. The summed E-state index contributed by atoms with van der Waals surface area (Å²) in [6, 6.07) is 0. The third-order valence-electron chi connectivity index (χ3n) is 2.12. The van der Waals surface area contributed by atoms with E-state index in [0.29, 0.717) is 0 Å². The molecule has 0 aliphatic carbocycles. The molecule has 5 nitrogen and oxygen atoms in total. The minimum atomic E-state index is -0.302. The Hall–Kier alpha value is -1.91. The van der Waals surface area contributed by atoms with Gasteiger partial charge in [0.15, 0.2) is 0 Å². The monoisotopic (exact) mass is 197 g/mol. The Balaban J connectivity index is 3.59. The van der Waals surface area contributed by atoms with Crippen molar-refractivity contribution in [2.45, 2.75) is 13.8 Å². The molecule has 0 spiro atoms. The lowest BCUT2D eigenvalue weighted by Crippen LogP contribution is -1.91. The molecular weight excluding hydrogens is 186 g/mol. The van der Waals surface area contributed by atoms with E-state index in [1.54, 1.807) is 0 Å². The van der Waals surface area contributed by atoms with Gasteiger partial charge in [-0.3, -0.25) is 0 Å². The molecule has 0 unspecified atom stereocenters. The number of phenolic OH excluding ortho intramolecular Hbond substituents is 3. The molecule has 0 amide bonds. The van der Waals surface area contributed by atoms with Crippen molar-refractivity contribution in [1.29, 1.82) is 0 Å². The van der Waals surface area contributed by atoms with Crippen LogP contribution >= 0.6 is 0 Å². The van der Waals surface area contributed by atoms with E-state index in [4.69, 9.17) is 5.21 Å². The first-order chi connectivity index (χ1) is 6.50. The zero-order chi connectivity index (χ0) is 10.9. The molecule has 1 aromatic rings. The van der Waals surface area contributed by atoms with Crippen molar-refractivity contribution < 1.29 is 20.5 Å². The Morgan fingerprint density at radius 2 is 1.36 bits per heavy atom. The van der Waals surface area contributed by atoms with Crippen LogP contribution in [0.1, 0.15) is 16.7 Å². The first-order valence-corrected chi connectivity index (χ1v) is 3.92. The summed E-state index contributed by atoms with van der Waals surface area (Å²) >= 11 is 0. The van der Waals surface area contributed by atoms with Crippen molar-refractivity contribution in [2.24, 2.45) is 5.16 Å². The van der Waals surface area contributed by atoms with Crippen LogP contribution in [0, 0.1) is 13.8 Å². The lowest BCUT2D eigenvalue weighted by Gasteiger charge is -2.11. The smallest absolute Gasteiger partial charge is 0.134 e. The maximum Gasteiger partial charge on any atom is 0.134 e. The van der Waals surface area contributed by atoms with Crippen LogP contribution in [-0.2, 0) is 0 Å². The molecule has 0 bridgehead atoms. The molecule has 0 fully saturated rings. The van der Waals surface area contributed by atoms with Gasteiger partial charge in [-0.05, 0) is 13.8 Å². The highest BCUT2D eigenvalue weighted by atomic mass is 16.4. The number of nitrogens with zero attached hydrogens (tertiary/aromatic N) is 1. The first kappa shape index (κ1) is 10.2. The van der Waals surface area contributed by atoms with Gasteiger partial charge in [0, 0.05) is 11.1 Å². The number of hydrogen-bond acceptors (Lipinski definition) is 5. The summed E-state index contributed by atoms with van der Waals surface area (Å²) < 4.78 is 0. The maximum atomic E-state index is 9.49. The molecule has 0 radical (unpaired) electrons. The number of aromatic hydroxyl groups is 3. The van der Waals surface area contributed by atoms with Crippen LogP contribution in [0.5, 0.6) is 17.2 Å². The van der Waals surface area contributed by atoms with Gasteiger partial charge in [-0.25, -0.2) is 0 Å². The Kier molecular flexibility index (Phi) is 2.51. The molecule has 1 rings (SSSR count). The normalized spacial score (nSPS) is 11.0. The van der Waals surface area contributed by atoms with Gasteiger partial charge in [-0.15, -0.1) is 0 Å². The second kappa shape index (κ2) is 3.45. The average molecular weight is 197 g/mol. The number of oxime groups is 1. The molecule has 0 aromatic heterocycles. The largest absolute Gasteiger partial charge is 0.507 e. The van der Waals surface area contributed by atoms with Crippen molar-refractivity contribution >= 4 is 6.21 Å². The Morgan fingerprint density at radius 3 is 1.71 bits per heavy atom. The van der Waals surface area contributed by atoms with Gasteiger partial charge >= 0.3 is 0 Å². The predicted octanol–water partition coefficient (Wildman–Crippen LogP) is 1.23. The van der Waals surface area contributed by atoms with E-state index in [-0.39, 0.29) is 33.9 Å². The van der Waals surface area contributed by atoms with Gasteiger partial charge in [0.2, 0.25) is 0 Å². The fourth-order valence-electron chi connectivity index (χ4n) is 1.20. The number of benzene rings is 1. The molecule has 4 N–H and O–H groups in total. The van der Waals surface area contributed by atoms with E-state index >= 15 is 0 Å². The van der Waals surface area contributed by atoms with Crippen LogP contribution in [0.4, 0.5) is 0 Å². The molecule has 0 saturated carbocycles. The summed E-state index contributed by atoms with van der Waals surface area (Å²) in [7, 11) is 0. The molecule has 0 atom stereocenters. The van der Waals surface area contributed by atoms with Crippen LogP contribution in [0.2, 0.25) is 0 Å². The summed E-state index contributed by atoms with van der Waals surface area (Å²) in [5.74, 6) is -0.776. The summed E-state index contributed by atoms with van der Waals surface area (Å²) in [4.78, 5) is 0. The third-order valence-corrected chi connectivity index (χ3v) is 2.12. The van der Waals surface area contributed by atoms with Crippen LogP contribution in [0.15, 0.2) is 5.16 Å². The maximum absolute atomic E-state index is 9.49. The topological polar surface area (TPSA) is 93.3 Å². The van der Waals surface area contributed by atoms with Crippen LogP contribution < -0.4 is 0 Å². The van der Waals surface area contributed by atoms with Gasteiger partial charge in [0.05, 0.1) is 11.8 Å². The highest BCUT2D eigenvalue weighted by molar-refractivity contribution is 5.89. The molecule has 1 aromatic carbocycles. The zero-order valence-corrected chi connectivity index (χ0v) is 7.81. The molecule has 5 heteroatoms. The lowest BCUT2D eigenvalue weighted by molar-refractivity contribution is 0.321. The molecule has 76 valence electrons. The standard InChI is InChI=1S/C9H11NO4/c1-4-7(11)5(2)9(13)6(3-10-14)8(4)12/h3,11-14H,1-2H3/b10-3+. The second-order valence-corrected chi connectivity index (χ2v) is 2.95. The van der Waals surface area contributed by atoms with Crippen LogP contribution in [-0.4, -0.2) is 26.7 Å². The molecule has 0 heterocycles. The fraction of sp³-hybridized carbons (Fsp3) is 0.222. The highest BCUT2D eigenvalue weighted by Gasteiger charge is 2.17. The van der Waals surface area contributed by atoms with E-state index in [1.807, 2.05) is 0 Å². The number of rotatable bonds is 1. The van der Waals surface area contributed by atoms with E-state index in [2.05, 4.69) is 5.16 Å². The lowest BCUT2D eigenvalue weighted by atomic mass is 10.0. The van der Waals surface area contributed by atoms with E-state index in [9.17, 15) is 15.3 Å². The third kappa shape index (κ3) is 1.32. The van der Waals surface area contributed by atoms with Gasteiger partial charge in [0.1, 0.15) is 17.2 Å². The Bertz CT molecular complexity index is 369. The number of hydrogen-bond donors (Lipinski definition) is 4. The van der Waals surface area contributed by atoms with Gasteiger partial charge < -0.3 is 20.5 Å². The van der Waals surface area contributed by atoms with Crippen LogP contribution in [0.3, 0.4) is 0 Å². The quantitative estimate of drug-likeness (QED) is 0.309. The van der Waals surface area contributed by atoms with Gasteiger partial charge in [-0.2, -0.15) is 0 Å². The Morgan fingerprint density at radius 1 is 0.929 bits per heavy atom. The second-order valence-electron chi connectivity index (χ2n) is 2.95. The van der Waals surface area contributed by atoms with E-state index in [0.717, 1.165) is 6.21 Å². The SMILES string of the molecule is Cc1c(O)c(C)c(O)c(/C=N/O)c1O. The summed E-state index contributed by atoms with van der Waals surface area (Å²) in [5, 5.41) is 39.4. The minimum Gasteiger partial charge on any atom is -0.507 e. The minimum absolute atomic E-state index is 0.0136. The van der Waals surface area contributed by atoms with Crippen LogP contribution in [0.25, 0.3) is 0 Å². The molecular formula is C9H11NO4. The molecule has 0 aliphatic heterocycles. The van der Waals surface area contributed by atoms with E-state index in [1.165, 1.54) is 13.8 Å². The summed E-state index contributed by atoms with van der Waals surface area (Å²) in [6.45, 7) is 2.98. The van der Waals surface area contributed by atoms with Crippen molar-refractivity contribution in [2.75, 3.05) is 0 Å². The average Bonchev–Trinajstić information content (AvgIpc) is 2.19. The number of phenols is 3. The van der Waals surface area contributed by atoms with Crippen molar-refractivity contribution in [3.05, 3.63) is 16.7 Å². The summed E-state index contributed by atoms with van der Waals surface area (Å²) in [6.07, 6.45) is 0.907. The van der Waals surface area contributed by atoms with Crippen molar-refractivity contribution in [1.82, 2.24) is 0 Å². The predicted molar refractivity (Wildman–Crippen MR) is 50.3 cm³/mol.